The van der Waals surface area contributed by atoms with Crippen LogP contribution in [0.15, 0.2) is 24.5 Å². The molecule has 0 spiro atoms. The maximum atomic E-state index is 2.44. The van der Waals surface area contributed by atoms with Gasteiger partial charge in [-0.15, -0.1) is 0 Å². The molecule has 1 aromatic heterocycles. The number of hydrogen-bond donors (Lipinski definition) is 0. The van der Waals surface area contributed by atoms with Gasteiger partial charge in [-0.25, -0.2) is 4.57 Å². The zero-order chi connectivity index (χ0) is 26.5. The first-order valence-corrected chi connectivity index (χ1v) is 17.3. The normalized spacial score (nSPS) is 11.4. The molecular formula is C36H68N+. The number of aromatic nitrogens is 1. The van der Waals surface area contributed by atoms with Gasteiger partial charge in [0.05, 0.1) is 0 Å². The Kier molecular flexibility index (Phi) is 26.0. The van der Waals surface area contributed by atoms with E-state index in [2.05, 4.69) is 42.9 Å². The van der Waals surface area contributed by atoms with E-state index >= 15 is 0 Å². The standard InChI is InChI=1S/C36H68N/c1-3-5-7-9-11-13-15-16-17-18-19-21-23-25-27-29-33-37-34-30-32-36(35-37)31-28-26-24-22-20-14-12-10-8-6-4-2/h30,32,34-35H,3-29,31,33H2,1-2H3/q+1. The van der Waals surface area contributed by atoms with E-state index in [-0.39, 0.29) is 0 Å². The van der Waals surface area contributed by atoms with Gasteiger partial charge < -0.3 is 0 Å². The summed E-state index contributed by atoms with van der Waals surface area (Å²) in [5, 5.41) is 0. The lowest BCUT2D eigenvalue weighted by molar-refractivity contribution is -0.697. The quantitative estimate of drug-likeness (QED) is 0.0739. The molecule has 0 aliphatic heterocycles. The Morgan fingerprint density at radius 2 is 0.784 bits per heavy atom. The van der Waals surface area contributed by atoms with Crippen molar-refractivity contribution < 1.29 is 4.57 Å². The van der Waals surface area contributed by atoms with Crippen LogP contribution in [0.1, 0.15) is 193 Å². The summed E-state index contributed by atoms with van der Waals surface area (Å²) in [4.78, 5) is 0. The van der Waals surface area contributed by atoms with Crippen LogP contribution in [-0.2, 0) is 13.0 Å². The third-order valence-electron chi connectivity index (χ3n) is 8.26. The summed E-state index contributed by atoms with van der Waals surface area (Å²) in [5.74, 6) is 0. The van der Waals surface area contributed by atoms with Crippen LogP contribution in [0, 0.1) is 0 Å². The van der Waals surface area contributed by atoms with Crippen molar-refractivity contribution >= 4 is 0 Å². The van der Waals surface area contributed by atoms with Gasteiger partial charge in [-0.2, -0.15) is 0 Å². The predicted molar refractivity (Wildman–Crippen MR) is 166 cm³/mol. The van der Waals surface area contributed by atoms with Gasteiger partial charge >= 0.3 is 0 Å². The lowest BCUT2D eigenvalue weighted by atomic mass is 10.0. The van der Waals surface area contributed by atoms with E-state index in [0.717, 1.165) is 0 Å². The fourth-order valence-corrected chi connectivity index (χ4v) is 5.70. The molecule has 0 radical (unpaired) electrons. The first kappa shape index (κ1) is 34.2. The van der Waals surface area contributed by atoms with Crippen molar-refractivity contribution in [3.8, 4) is 0 Å². The third-order valence-corrected chi connectivity index (χ3v) is 8.26. The molecule has 1 aromatic rings. The highest BCUT2D eigenvalue weighted by Crippen LogP contribution is 2.14. The summed E-state index contributed by atoms with van der Waals surface area (Å²) < 4.78 is 2.44. The van der Waals surface area contributed by atoms with E-state index in [9.17, 15) is 0 Å². The molecule has 37 heavy (non-hydrogen) atoms. The van der Waals surface area contributed by atoms with Crippen molar-refractivity contribution in [2.24, 2.45) is 0 Å². The van der Waals surface area contributed by atoms with Crippen LogP contribution in [0.2, 0.25) is 0 Å². The van der Waals surface area contributed by atoms with E-state index in [1.165, 1.54) is 192 Å². The number of pyridine rings is 1. The van der Waals surface area contributed by atoms with E-state index in [1.54, 1.807) is 0 Å². The average Bonchev–Trinajstić information content (AvgIpc) is 2.92. The highest BCUT2D eigenvalue weighted by molar-refractivity contribution is 5.05. The minimum Gasteiger partial charge on any atom is -0.205 e. The Labute approximate surface area is 234 Å². The Bertz CT molecular complexity index is 566. The van der Waals surface area contributed by atoms with Gasteiger partial charge in [0.2, 0.25) is 0 Å². The fourth-order valence-electron chi connectivity index (χ4n) is 5.70. The SMILES string of the molecule is CCCCCCCCCCCCCCCCCC[n+]1cccc(CCCCCCCCCCCCC)c1. The van der Waals surface area contributed by atoms with E-state index in [4.69, 9.17) is 0 Å². The van der Waals surface area contributed by atoms with E-state index < -0.39 is 0 Å². The van der Waals surface area contributed by atoms with E-state index in [0.29, 0.717) is 0 Å². The molecule has 1 nitrogen and oxygen atoms in total. The van der Waals surface area contributed by atoms with Crippen LogP contribution in [0.5, 0.6) is 0 Å². The number of nitrogens with zero attached hydrogens (tertiary/aromatic N) is 1. The lowest BCUT2D eigenvalue weighted by Crippen LogP contribution is -2.33. The Morgan fingerprint density at radius 1 is 0.432 bits per heavy atom. The molecule has 0 saturated heterocycles. The molecule has 1 heterocycles. The van der Waals surface area contributed by atoms with Crippen LogP contribution in [0.25, 0.3) is 0 Å². The topological polar surface area (TPSA) is 3.88 Å². The van der Waals surface area contributed by atoms with Gasteiger partial charge in [-0.05, 0) is 25.3 Å². The number of rotatable bonds is 29. The van der Waals surface area contributed by atoms with Crippen molar-refractivity contribution in [2.75, 3.05) is 0 Å². The predicted octanol–water partition coefficient (Wildman–Crippen LogP) is 12.1. The molecule has 0 fully saturated rings. The van der Waals surface area contributed by atoms with Crippen molar-refractivity contribution in [3.05, 3.63) is 30.1 Å². The zero-order valence-electron chi connectivity index (χ0n) is 25.8. The van der Waals surface area contributed by atoms with Crippen molar-refractivity contribution in [1.29, 1.82) is 0 Å². The largest absolute Gasteiger partial charge is 0.205 e. The summed E-state index contributed by atoms with van der Waals surface area (Å²) in [6, 6.07) is 4.60. The first-order chi connectivity index (χ1) is 18.4. The molecular weight excluding hydrogens is 446 g/mol. The molecule has 1 heteroatoms. The summed E-state index contributed by atoms with van der Waals surface area (Å²) in [7, 11) is 0. The zero-order valence-corrected chi connectivity index (χ0v) is 25.8. The number of unbranched alkanes of at least 4 members (excludes halogenated alkanes) is 25. The molecule has 216 valence electrons. The van der Waals surface area contributed by atoms with Crippen LogP contribution in [0.3, 0.4) is 0 Å². The smallest absolute Gasteiger partial charge is 0.171 e. The van der Waals surface area contributed by atoms with Gasteiger partial charge in [-0.3, -0.25) is 0 Å². The second kappa shape index (κ2) is 28.2. The summed E-state index contributed by atoms with van der Waals surface area (Å²) in [6.45, 7) is 5.81. The monoisotopic (exact) mass is 515 g/mol. The van der Waals surface area contributed by atoms with Gasteiger partial charge in [0, 0.05) is 18.1 Å². The minimum atomic E-state index is 1.20. The second-order valence-corrected chi connectivity index (χ2v) is 12.0. The maximum Gasteiger partial charge on any atom is 0.171 e. The van der Waals surface area contributed by atoms with Gasteiger partial charge in [0.15, 0.2) is 12.4 Å². The number of hydrogen-bond acceptors (Lipinski definition) is 0. The summed E-state index contributed by atoms with van der Waals surface area (Å²) in [5.41, 5.74) is 1.54. The summed E-state index contributed by atoms with van der Waals surface area (Å²) >= 11 is 0. The Morgan fingerprint density at radius 3 is 1.19 bits per heavy atom. The maximum absolute atomic E-state index is 2.44. The fraction of sp³-hybridized carbons (Fsp3) is 0.861. The molecule has 0 atom stereocenters. The molecule has 0 bridgehead atoms. The van der Waals surface area contributed by atoms with Crippen LogP contribution >= 0.6 is 0 Å². The minimum absolute atomic E-state index is 1.20. The molecule has 0 aromatic carbocycles. The molecule has 0 amide bonds. The van der Waals surface area contributed by atoms with Crippen molar-refractivity contribution in [1.82, 2.24) is 0 Å². The molecule has 0 unspecified atom stereocenters. The van der Waals surface area contributed by atoms with Crippen molar-refractivity contribution in [3.63, 3.8) is 0 Å². The van der Waals surface area contributed by atoms with Crippen LogP contribution < -0.4 is 4.57 Å². The van der Waals surface area contributed by atoms with Crippen LogP contribution in [0.4, 0.5) is 0 Å². The second-order valence-electron chi connectivity index (χ2n) is 12.0. The Hall–Kier alpha value is -0.850. The van der Waals surface area contributed by atoms with Crippen LogP contribution in [-0.4, -0.2) is 0 Å². The Balaban J connectivity index is 1.87. The van der Waals surface area contributed by atoms with Gasteiger partial charge in [0.25, 0.3) is 0 Å². The van der Waals surface area contributed by atoms with E-state index in [1.807, 2.05) is 0 Å². The van der Waals surface area contributed by atoms with Crippen molar-refractivity contribution in [2.45, 2.75) is 200 Å². The third kappa shape index (κ3) is 24.0. The molecule has 0 aliphatic carbocycles. The molecule has 0 N–H and O–H groups in total. The highest BCUT2D eigenvalue weighted by atomic mass is 14.9. The highest BCUT2D eigenvalue weighted by Gasteiger charge is 2.03. The number of aryl methyl sites for hydroxylation is 2. The van der Waals surface area contributed by atoms with Gasteiger partial charge in [0.1, 0.15) is 6.54 Å². The summed E-state index contributed by atoms with van der Waals surface area (Å²) in [6.07, 6.45) is 44.8. The first-order valence-electron chi connectivity index (χ1n) is 17.3. The lowest BCUT2D eigenvalue weighted by Gasteiger charge is -2.04. The molecule has 0 aliphatic rings. The average molecular weight is 515 g/mol. The van der Waals surface area contributed by atoms with Gasteiger partial charge in [-0.1, -0.05) is 168 Å². The molecule has 1 rings (SSSR count). The molecule has 0 saturated carbocycles.